The van der Waals surface area contributed by atoms with Gasteiger partial charge in [-0.05, 0) is 37.0 Å². The molecule has 0 nitrogen and oxygen atoms in total. The highest BCUT2D eigenvalue weighted by atomic mass is 19.4. The van der Waals surface area contributed by atoms with Crippen molar-refractivity contribution < 1.29 is 13.2 Å². The standard InChI is InChI=1S/C12H19F3/c1-11(2,12(13,14)15)10-7-8-3-5-9(10)6-4-8/h8-10H,3-7H2,1-2H3. The zero-order valence-corrected chi connectivity index (χ0v) is 9.40. The van der Waals surface area contributed by atoms with Crippen LogP contribution in [0, 0.1) is 23.2 Å². The molecule has 0 aliphatic heterocycles. The predicted octanol–water partition coefficient (Wildman–Crippen LogP) is 4.40. The summed E-state index contributed by atoms with van der Waals surface area (Å²) in [6, 6.07) is 0. The van der Waals surface area contributed by atoms with Gasteiger partial charge in [0.1, 0.15) is 0 Å². The van der Waals surface area contributed by atoms with Crippen molar-refractivity contribution in [3.63, 3.8) is 0 Å². The van der Waals surface area contributed by atoms with Gasteiger partial charge in [-0.3, -0.25) is 0 Å². The van der Waals surface area contributed by atoms with E-state index in [0.717, 1.165) is 32.1 Å². The van der Waals surface area contributed by atoms with Crippen molar-refractivity contribution >= 4 is 0 Å². The monoisotopic (exact) mass is 220 g/mol. The van der Waals surface area contributed by atoms with Gasteiger partial charge in [-0.15, -0.1) is 0 Å². The second-order valence-electron chi connectivity index (χ2n) is 5.84. The molecule has 0 N–H and O–H groups in total. The number of hydrogen-bond donors (Lipinski definition) is 0. The molecule has 0 spiro atoms. The van der Waals surface area contributed by atoms with Gasteiger partial charge in [-0.25, -0.2) is 0 Å². The summed E-state index contributed by atoms with van der Waals surface area (Å²) in [6.45, 7) is 2.77. The maximum Gasteiger partial charge on any atom is 0.394 e. The van der Waals surface area contributed by atoms with Crippen LogP contribution >= 0.6 is 0 Å². The summed E-state index contributed by atoms with van der Waals surface area (Å²) in [4.78, 5) is 0. The zero-order valence-electron chi connectivity index (χ0n) is 9.40. The Labute approximate surface area is 89.2 Å². The summed E-state index contributed by atoms with van der Waals surface area (Å²) in [5.74, 6) is 0.762. The van der Waals surface area contributed by atoms with Crippen molar-refractivity contribution in [3.05, 3.63) is 0 Å². The number of hydrogen-bond acceptors (Lipinski definition) is 0. The Morgan fingerprint density at radius 2 is 1.47 bits per heavy atom. The molecule has 0 heterocycles. The van der Waals surface area contributed by atoms with Crippen LogP contribution in [-0.2, 0) is 0 Å². The van der Waals surface area contributed by atoms with Crippen LogP contribution in [0.5, 0.6) is 0 Å². The van der Waals surface area contributed by atoms with Crippen molar-refractivity contribution in [2.75, 3.05) is 0 Å². The SMILES string of the molecule is CC(C)(C1CC2CCC1CC2)C(F)(F)F. The second-order valence-corrected chi connectivity index (χ2v) is 5.84. The Balaban J connectivity index is 2.17. The van der Waals surface area contributed by atoms with E-state index in [1.165, 1.54) is 13.8 Å². The van der Waals surface area contributed by atoms with Crippen LogP contribution in [0.15, 0.2) is 0 Å². The van der Waals surface area contributed by atoms with Crippen LogP contribution in [0.2, 0.25) is 0 Å². The largest absolute Gasteiger partial charge is 0.394 e. The first kappa shape index (κ1) is 11.3. The maximum absolute atomic E-state index is 12.9. The topological polar surface area (TPSA) is 0 Å². The fraction of sp³-hybridized carbons (Fsp3) is 1.00. The number of halogens is 3. The molecule has 3 aliphatic carbocycles. The molecular weight excluding hydrogens is 201 g/mol. The lowest BCUT2D eigenvalue weighted by Crippen LogP contribution is -2.47. The van der Waals surface area contributed by atoms with Gasteiger partial charge in [0, 0.05) is 0 Å². The van der Waals surface area contributed by atoms with E-state index in [2.05, 4.69) is 0 Å². The molecule has 3 aliphatic rings. The Morgan fingerprint density at radius 1 is 0.933 bits per heavy atom. The van der Waals surface area contributed by atoms with Crippen molar-refractivity contribution in [1.82, 2.24) is 0 Å². The van der Waals surface area contributed by atoms with Gasteiger partial charge in [-0.1, -0.05) is 26.7 Å². The lowest BCUT2D eigenvalue weighted by molar-refractivity contribution is -0.244. The molecule has 3 fully saturated rings. The Bertz CT molecular complexity index is 234. The normalized spacial score (nSPS) is 37.0. The molecule has 15 heavy (non-hydrogen) atoms. The highest BCUT2D eigenvalue weighted by molar-refractivity contribution is 4.95. The van der Waals surface area contributed by atoms with Crippen molar-refractivity contribution in [3.8, 4) is 0 Å². The molecule has 3 saturated carbocycles. The van der Waals surface area contributed by atoms with E-state index in [1.54, 1.807) is 0 Å². The number of alkyl halides is 3. The second kappa shape index (κ2) is 3.39. The predicted molar refractivity (Wildman–Crippen MR) is 53.4 cm³/mol. The number of fused-ring (bicyclic) bond motifs is 3. The first-order valence-electron chi connectivity index (χ1n) is 5.89. The molecule has 0 aromatic heterocycles. The Kier molecular flexibility index (Phi) is 2.55. The van der Waals surface area contributed by atoms with Crippen LogP contribution in [0.25, 0.3) is 0 Å². The molecule has 0 radical (unpaired) electrons. The van der Waals surface area contributed by atoms with E-state index in [0.29, 0.717) is 11.8 Å². The third-order valence-corrected chi connectivity index (χ3v) is 4.71. The molecule has 88 valence electrons. The van der Waals surface area contributed by atoms with Gasteiger partial charge < -0.3 is 0 Å². The molecule has 0 aromatic rings. The van der Waals surface area contributed by atoms with E-state index in [4.69, 9.17) is 0 Å². The fourth-order valence-electron chi connectivity index (χ4n) is 3.47. The average molecular weight is 220 g/mol. The molecule has 0 saturated heterocycles. The maximum atomic E-state index is 12.9. The first-order chi connectivity index (χ1) is 6.82. The highest BCUT2D eigenvalue weighted by Crippen LogP contribution is 2.56. The highest BCUT2D eigenvalue weighted by Gasteiger charge is 2.56. The number of rotatable bonds is 1. The summed E-state index contributed by atoms with van der Waals surface area (Å²) in [7, 11) is 0. The Hall–Kier alpha value is -0.210. The summed E-state index contributed by atoms with van der Waals surface area (Å²) < 4.78 is 38.8. The van der Waals surface area contributed by atoms with E-state index in [-0.39, 0.29) is 5.92 Å². The van der Waals surface area contributed by atoms with Crippen molar-refractivity contribution in [2.45, 2.75) is 52.1 Å². The van der Waals surface area contributed by atoms with Crippen LogP contribution in [0.3, 0.4) is 0 Å². The molecule has 1 atom stereocenters. The lowest BCUT2D eigenvalue weighted by Gasteiger charge is -2.49. The summed E-state index contributed by atoms with van der Waals surface area (Å²) >= 11 is 0. The van der Waals surface area contributed by atoms with Gasteiger partial charge in [0.2, 0.25) is 0 Å². The summed E-state index contributed by atoms with van der Waals surface area (Å²) in [5.41, 5.74) is -1.49. The van der Waals surface area contributed by atoms with Gasteiger partial charge in [0.25, 0.3) is 0 Å². The van der Waals surface area contributed by atoms with E-state index < -0.39 is 11.6 Å². The minimum Gasteiger partial charge on any atom is -0.171 e. The van der Waals surface area contributed by atoms with Crippen LogP contribution in [-0.4, -0.2) is 6.18 Å². The van der Waals surface area contributed by atoms with E-state index in [1.807, 2.05) is 0 Å². The van der Waals surface area contributed by atoms with Crippen molar-refractivity contribution in [1.29, 1.82) is 0 Å². The molecule has 0 aromatic carbocycles. The van der Waals surface area contributed by atoms with E-state index >= 15 is 0 Å². The van der Waals surface area contributed by atoms with Gasteiger partial charge in [0.05, 0.1) is 5.41 Å². The minimum absolute atomic E-state index is 0.134. The molecular formula is C12H19F3. The fourth-order valence-corrected chi connectivity index (χ4v) is 3.47. The minimum atomic E-state index is -4.05. The molecule has 3 rings (SSSR count). The van der Waals surface area contributed by atoms with Crippen molar-refractivity contribution in [2.24, 2.45) is 23.2 Å². The zero-order chi connectivity index (χ0) is 11.3. The van der Waals surface area contributed by atoms with Crippen LogP contribution in [0.4, 0.5) is 13.2 Å². The molecule has 2 bridgehead atoms. The third-order valence-electron chi connectivity index (χ3n) is 4.71. The smallest absolute Gasteiger partial charge is 0.171 e. The van der Waals surface area contributed by atoms with Crippen LogP contribution in [0.1, 0.15) is 46.0 Å². The lowest BCUT2D eigenvalue weighted by atomic mass is 9.57. The molecule has 0 amide bonds. The Morgan fingerprint density at radius 3 is 1.80 bits per heavy atom. The van der Waals surface area contributed by atoms with Crippen LogP contribution < -0.4 is 0 Å². The molecule has 3 heteroatoms. The van der Waals surface area contributed by atoms with E-state index in [9.17, 15) is 13.2 Å². The van der Waals surface area contributed by atoms with Gasteiger partial charge in [0.15, 0.2) is 0 Å². The van der Waals surface area contributed by atoms with Gasteiger partial charge >= 0.3 is 6.18 Å². The first-order valence-corrected chi connectivity index (χ1v) is 5.89. The summed E-state index contributed by atoms with van der Waals surface area (Å²) in [6.07, 6.45) is 1.13. The van der Waals surface area contributed by atoms with Gasteiger partial charge in [-0.2, -0.15) is 13.2 Å². The third kappa shape index (κ3) is 1.78. The summed E-state index contributed by atoms with van der Waals surface area (Å²) in [5, 5.41) is 0. The average Bonchev–Trinajstić information content (AvgIpc) is 2.17. The quantitative estimate of drug-likeness (QED) is 0.614. The molecule has 1 unspecified atom stereocenters.